The van der Waals surface area contributed by atoms with E-state index in [4.69, 9.17) is 4.74 Å². The summed E-state index contributed by atoms with van der Waals surface area (Å²) in [7, 11) is -3.31. The molecule has 2 aliphatic rings. The molecule has 2 aliphatic heterocycles. The summed E-state index contributed by atoms with van der Waals surface area (Å²) in [5, 5.41) is 9.87. The van der Waals surface area contributed by atoms with Crippen LogP contribution in [-0.2, 0) is 9.84 Å². The van der Waals surface area contributed by atoms with Crippen LogP contribution in [0.25, 0.3) is 5.69 Å². The molecule has 0 radical (unpaired) electrons. The standard InChI is InChI=1S/C24H30N2O6S/c1-23(2,3)24-11-9-17(26(24)22(28)29)13-19(15-24)32-18-10-12-25(21(27)14-18)16-5-7-20(8-6-16)33(4,30)31/h5-8,10,12,14,17,19H,9,11,13,15H2,1-4H3,(H,28,29)/t17-,19-,24+/m0/s1. The molecule has 3 atom stereocenters. The second-order valence-corrected chi connectivity index (χ2v) is 12.2. The van der Waals surface area contributed by atoms with Gasteiger partial charge in [-0.25, -0.2) is 13.2 Å². The Balaban J connectivity index is 1.56. The number of piperidine rings is 1. The lowest BCUT2D eigenvalue weighted by molar-refractivity contribution is -0.0521. The first-order valence-electron chi connectivity index (χ1n) is 11.0. The van der Waals surface area contributed by atoms with Gasteiger partial charge in [0.05, 0.1) is 10.4 Å². The topological polar surface area (TPSA) is 106 Å². The van der Waals surface area contributed by atoms with Crippen molar-refractivity contribution in [3.05, 3.63) is 52.9 Å². The van der Waals surface area contributed by atoms with Gasteiger partial charge in [0, 0.05) is 43.1 Å². The molecule has 2 saturated heterocycles. The normalized spacial score (nSPS) is 25.2. The van der Waals surface area contributed by atoms with E-state index in [1.165, 1.54) is 22.8 Å². The molecular formula is C24H30N2O6S. The first-order chi connectivity index (χ1) is 15.3. The van der Waals surface area contributed by atoms with E-state index < -0.39 is 21.5 Å². The zero-order valence-corrected chi connectivity index (χ0v) is 20.1. The summed E-state index contributed by atoms with van der Waals surface area (Å²) in [6, 6.07) is 9.16. The highest BCUT2D eigenvalue weighted by Gasteiger charge is 2.59. The van der Waals surface area contributed by atoms with Gasteiger partial charge in [0.1, 0.15) is 11.9 Å². The SMILES string of the molecule is CC(C)(C)[C@@]12CC[C@@H](C[C@H](Oc3ccn(-c4ccc(S(C)(=O)=O)cc4)c(=O)c3)C1)N2C(=O)O. The van der Waals surface area contributed by atoms with E-state index in [1.54, 1.807) is 29.3 Å². The molecule has 0 unspecified atom stereocenters. The number of carboxylic acid groups (broad SMARTS) is 1. The summed E-state index contributed by atoms with van der Waals surface area (Å²) in [4.78, 5) is 26.6. The fourth-order valence-corrected chi connectivity index (χ4v) is 6.09. The highest BCUT2D eigenvalue weighted by atomic mass is 32.2. The highest BCUT2D eigenvalue weighted by Crippen LogP contribution is 2.53. The van der Waals surface area contributed by atoms with Gasteiger partial charge in [-0.3, -0.25) is 14.3 Å². The van der Waals surface area contributed by atoms with Crippen LogP contribution in [0, 0.1) is 5.41 Å². The van der Waals surface area contributed by atoms with Crippen molar-refractivity contribution >= 4 is 15.9 Å². The molecule has 4 rings (SSSR count). The third kappa shape index (κ3) is 4.14. The van der Waals surface area contributed by atoms with E-state index >= 15 is 0 Å². The third-order valence-corrected chi connectivity index (χ3v) is 8.29. The largest absolute Gasteiger partial charge is 0.490 e. The number of pyridine rings is 1. The van der Waals surface area contributed by atoms with Crippen LogP contribution in [0.3, 0.4) is 0 Å². The minimum atomic E-state index is -3.31. The van der Waals surface area contributed by atoms with E-state index in [-0.39, 0.29) is 28.0 Å². The number of carbonyl (C=O) groups is 1. The van der Waals surface area contributed by atoms with Gasteiger partial charge in [0.25, 0.3) is 5.56 Å². The molecule has 2 fully saturated rings. The smallest absolute Gasteiger partial charge is 0.408 e. The van der Waals surface area contributed by atoms with Crippen LogP contribution in [0.2, 0.25) is 0 Å². The lowest BCUT2D eigenvalue weighted by Crippen LogP contribution is -2.62. The molecule has 2 aromatic rings. The number of aromatic nitrogens is 1. The molecule has 8 nitrogen and oxygen atoms in total. The number of benzene rings is 1. The molecular weight excluding hydrogens is 444 g/mol. The second-order valence-electron chi connectivity index (χ2n) is 10.1. The van der Waals surface area contributed by atoms with Crippen molar-refractivity contribution in [1.82, 2.24) is 9.47 Å². The molecule has 0 spiro atoms. The Morgan fingerprint density at radius 3 is 2.39 bits per heavy atom. The summed E-state index contributed by atoms with van der Waals surface area (Å²) in [6.07, 6.45) is 4.47. The Hall–Kier alpha value is -2.81. The molecule has 33 heavy (non-hydrogen) atoms. The zero-order valence-electron chi connectivity index (χ0n) is 19.3. The molecule has 2 bridgehead atoms. The van der Waals surface area contributed by atoms with Crippen molar-refractivity contribution in [1.29, 1.82) is 0 Å². The molecule has 1 aromatic carbocycles. The number of sulfone groups is 1. The number of nitrogens with zero attached hydrogens (tertiary/aromatic N) is 2. The van der Waals surface area contributed by atoms with Gasteiger partial charge in [-0.05, 0) is 48.6 Å². The predicted octanol–water partition coefficient (Wildman–Crippen LogP) is 3.71. The highest BCUT2D eigenvalue weighted by molar-refractivity contribution is 7.90. The molecule has 178 valence electrons. The first-order valence-corrected chi connectivity index (χ1v) is 12.9. The zero-order chi connectivity index (χ0) is 24.2. The minimum Gasteiger partial charge on any atom is -0.490 e. The quantitative estimate of drug-likeness (QED) is 0.724. The Kier molecular flexibility index (Phi) is 5.59. The van der Waals surface area contributed by atoms with Crippen molar-refractivity contribution in [3.8, 4) is 11.4 Å². The Bertz CT molecular complexity index is 1230. The van der Waals surface area contributed by atoms with Crippen molar-refractivity contribution in [3.63, 3.8) is 0 Å². The lowest BCUT2D eigenvalue weighted by atomic mass is 9.68. The summed E-state index contributed by atoms with van der Waals surface area (Å²) >= 11 is 0. The molecule has 1 N–H and O–H groups in total. The van der Waals surface area contributed by atoms with Crippen LogP contribution in [0.4, 0.5) is 4.79 Å². The number of fused-ring (bicyclic) bond motifs is 2. The fourth-order valence-electron chi connectivity index (χ4n) is 5.46. The average molecular weight is 475 g/mol. The third-order valence-electron chi connectivity index (χ3n) is 7.16. The predicted molar refractivity (Wildman–Crippen MR) is 124 cm³/mol. The molecule has 0 saturated carbocycles. The van der Waals surface area contributed by atoms with Crippen molar-refractivity contribution in [2.45, 2.75) is 69.0 Å². The molecule has 9 heteroatoms. The lowest BCUT2D eigenvalue weighted by Gasteiger charge is -2.53. The average Bonchev–Trinajstić information content (AvgIpc) is 2.96. The molecule has 1 aromatic heterocycles. The van der Waals surface area contributed by atoms with Gasteiger partial charge in [-0.1, -0.05) is 20.8 Å². The fraction of sp³-hybridized carbons (Fsp3) is 0.500. The minimum absolute atomic E-state index is 0.0887. The van der Waals surface area contributed by atoms with Gasteiger partial charge in [-0.15, -0.1) is 0 Å². The van der Waals surface area contributed by atoms with E-state index in [1.807, 2.05) is 0 Å². The maximum absolute atomic E-state index is 12.7. The van der Waals surface area contributed by atoms with Crippen LogP contribution in [-0.4, -0.2) is 53.0 Å². The number of hydrogen-bond acceptors (Lipinski definition) is 5. The van der Waals surface area contributed by atoms with Gasteiger partial charge in [0.2, 0.25) is 0 Å². The van der Waals surface area contributed by atoms with Crippen LogP contribution in [0.15, 0.2) is 52.3 Å². The van der Waals surface area contributed by atoms with Gasteiger partial charge in [-0.2, -0.15) is 0 Å². The summed E-state index contributed by atoms with van der Waals surface area (Å²) < 4.78 is 30.9. The molecule has 1 amide bonds. The Morgan fingerprint density at radius 2 is 1.85 bits per heavy atom. The van der Waals surface area contributed by atoms with Crippen LogP contribution >= 0.6 is 0 Å². The molecule has 0 aliphatic carbocycles. The maximum atomic E-state index is 12.7. The summed E-state index contributed by atoms with van der Waals surface area (Å²) in [6.45, 7) is 6.22. The van der Waals surface area contributed by atoms with E-state index in [0.29, 0.717) is 24.3 Å². The number of amides is 1. The van der Waals surface area contributed by atoms with E-state index in [2.05, 4.69) is 20.8 Å². The van der Waals surface area contributed by atoms with E-state index in [0.717, 1.165) is 19.1 Å². The van der Waals surface area contributed by atoms with Crippen LogP contribution in [0.5, 0.6) is 5.75 Å². The van der Waals surface area contributed by atoms with Gasteiger partial charge >= 0.3 is 6.09 Å². The summed E-state index contributed by atoms with van der Waals surface area (Å²) in [5.41, 5.74) is -0.485. The summed E-state index contributed by atoms with van der Waals surface area (Å²) in [5.74, 6) is 0.446. The Labute approximate surface area is 193 Å². The van der Waals surface area contributed by atoms with Crippen LogP contribution < -0.4 is 10.3 Å². The van der Waals surface area contributed by atoms with Crippen molar-refractivity contribution < 1.29 is 23.1 Å². The van der Waals surface area contributed by atoms with Crippen molar-refractivity contribution in [2.24, 2.45) is 5.41 Å². The first kappa shape index (κ1) is 23.4. The number of hydrogen-bond donors (Lipinski definition) is 1. The maximum Gasteiger partial charge on any atom is 0.408 e. The second kappa shape index (κ2) is 7.90. The number of rotatable bonds is 4. The van der Waals surface area contributed by atoms with Crippen molar-refractivity contribution in [2.75, 3.05) is 6.26 Å². The Morgan fingerprint density at radius 1 is 1.18 bits per heavy atom. The van der Waals surface area contributed by atoms with Crippen LogP contribution in [0.1, 0.15) is 46.5 Å². The van der Waals surface area contributed by atoms with E-state index in [9.17, 15) is 23.1 Å². The monoisotopic (exact) mass is 474 g/mol. The number of ether oxygens (including phenoxy) is 1. The molecule has 3 heterocycles. The van der Waals surface area contributed by atoms with Gasteiger partial charge in [0.15, 0.2) is 9.84 Å². The van der Waals surface area contributed by atoms with Gasteiger partial charge < -0.3 is 9.84 Å².